The Kier molecular flexibility index (Phi) is 4.81. The van der Waals surface area contributed by atoms with E-state index in [1.54, 1.807) is 6.92 Å². The number of allylic oxidation sites excluding steroid dienone is 1. The number of carbonyl (C=O) groups is 4. The summed E-state index contributed by atoms with van der Waals surface area (Å²) in [7, 11) is 1.30. The second kappa shape index (κ2) is 7.61. The van der Waals surface area contributed by atoms with Crippen LogP contribution in [0.4, 0.5) is 0 Å². The second-order valence-corrected chi connectivity index (χ2v) is 14.6. The summed E-state index contributed by atoms with van der Waals surface area (Å²) in [6.45, 7) is 9.63. The minimum Gasteiger partial charge on any atom is -0.466 e. The largest absolute Gasteiger partial charge is 0.466 e. The number of hydrogen-bond donors (Lipinski definition) is 1. The molecular weight excluding hydrogens is 524 g/mol. The summed E-state index contributed by atoms with van der Waals surface area (Å²) in [4.78, 5) is 52.7. The molecule has 1 heterocycles. The molecule has 8 rings (SSSR count). The highest BCUT2D eigenvalue weighted by molar-refractivity contribution is 6.09. The predicted octanol–water partition coefficient (Wildman–Crippen LogP) is 3.48. The minimum atomic E-state index is -1.26. The molecule has 0 aromatic heterocycles. The van der Waals surface area contributed by atoms with Crippen molar-refractivity contribution in [3.8, 4) is 0 Å². The number of Topliss-reactive ketones (excluding diaryl/α,β-unsaturated/α-hetero) is 1. The second-order valence-electron chi connectivity index (χ2n) is 14.6. The van der Waals surface area contributed by atoms with Crippen LogP contribution in [-0.4, -0.2) is 54.2 Å². The highest BCUT2D eigenvalue weighted by atomic mass is 16.6. The van der Waals surface area contributed by atoms with Gasteiger partial charge in [-0.1, -0.05) is 19.4 Å². The Morgan fingerprint density at radius 1 is 1.07 bits per heavy atom. The molecule has 1 spiro atoms. The first-order chi connectivity index (χ1) is 19.3. The van der Waals surface area contributed by atoms with Gasteiger partial charge in [0.05, 0.1) is 19.6 Å². The number of rotatable bonds is 3. The van der Waals surface area contributed by atoms with E-state index in [0.717, 1.165) is 30.4 Å². The Labute approximate surface area is 239 Å². The van der Waals surface area contributed by atoms with Crippen molar-refractivity contribution in [2.75, 3.05) is 13.7 Å². The van der Waals surface area contributed by atoms with Gasteiger partial charge in [0.1, 0.15) is 11.7 Å². The minimum absolute atomic E-state index is 0.0849. The van der Waals surface area contributed by atoms with Gasteiger partial charge in [-0.3, -0.25) is 9.59 Å². The van der Waals surface area contributed by atoms with Crippen LogP contribution in [0.3, 0.4) is 0 Å². The van der Waals surface area contributed by atoms with E-state index in [2.05, 4.69) is 6.92 Å². The Morgan fingerprint density at radius 2 is 1.80 bits per heavy atom. The zero-order chi connectivity index (χ0) is 29.1. The summed E-state index contributed by atoms with van der Waals surface area (Å²) in [6, 6.07) is 0. The van der Waals surface area contributed by atoms with Crippen LogP contribution in [0, 0.1) is 58.2 Å². The molecule has 12 atom stereocenters. The Morgan fingerprint density at radius 3 is 2.49 bits per heavy atom. The van der Waals surface area contributed by atoms with Gasteiger partial charge < -0.3 is 19.3 Å². The van der Waals surface area contributed by atoms with Crippen LogP contribution in [0.15, 0.2) is 33.4 Å². The number of hydrogen-bond acceptors (Lipinski definition) is 8. The molecule has 8 nitrogen and oxygen atoms in total. The summed E-state index contributed by atoms with van der Waals surface area (Å²) >= 11 is 0. The Balaban J connectivity index is 1.39. The molecule has 8 heteroatoms. The number of ether oxygens (including phenoxy) is 3. The molecule has 0 aromatic carbocycles. The van der Waals surface area contributed by atoms with Crippen molar-refractivity contribution in [1.29, 1.82) is 0 Å². The third kappa shape index (κ3) is 2.69. The van der Waals surface area contributed by atoms with Gasteiger partial charge in [-0.2, -0.15) is 0 Å². The fraction of sp³-hybridized carbons (Fsp3) is 0.697. The number of aliphatic hydroxyl groups excluding tert-OH is 1. The van der Waals surface area contributed by atoms with Crippen molar-refractivity contribution in [3.63, 3.8) is 0 Å². The van der Waals surface area contributed by atoms with E-state index >= 15 is 0 Å². The number of aliphatic hydroxyl groups is 1. The van der Waals surface area contributed by atoms with Gasteiger partial charge >= 0.3 is 17.9 Å². The smallest absolute Gasteiger partial charge is 0.334 e. The van der Waals surface area contributed by atoms with Gasteiger partial charge in [0.2, 0.25) is 0 Å². The van der Waals surface area contributed by atoms with Gasteiger partial charge in [-0.25, -0.2) is 9.59 Å². The van der Waals surface area contributed by atoms with Crippen LogP contribution in [0.1, 0.15) is 60.3 Å². The predicted molar refractivity (Wildman–Crippen MR) is 144 cm³/mol. The van der Waals surface area contributed by atoms with Gasteiger partial charge in [0, 0.05) is 35.0 Å². The van der Waals surface area contributed by atoms with Gasteiger partial charge in [-0.15, -0.1) is 0 Å². The molecule has 7 aliphatic carbocycles. The molecule has 0 aromatic rings. The van der Waals surface area contributed by atoms with Crippen molar-refractivity contribution in [3.05, 3.63) is 33.4 Å². The number of ketones is 1. The lowest BCUT2D eigenvalue weighted by atomic mass is 9.42. The maximum absolute atomic E-state index is 14.3. The molecule has 0 unspecified atom stereocenters. The van der Waals surface area contributed by atoms with Crippen LogP contribution in [0.2, 0.25) is 0 Å². The lowest BCUT2D eigenvalue weighted by molar-refractivity contribution is -0.179. The highest BCUT2D eigenvalue weighted by Gasteiger charge is 2.81. The molecule has 0 radical (unpaired) electrons. The average Bonchev–Trinajstić information content (AvgIpc) is 3.84. The summed E-state index contributed by atoms with van der Waals surface area (Å²) in [6.07, 6.45) is 2.14. The summed E-state index contributed by atoms with van der Waals surface area (Å²) < 4.78 is 17.4. The van der Waals surface area contributed by atoms with E-state index in [4.69, 9.17) is 14.2 Å². The third-order valence-corrected chi connectivity index (χ3v) is 13.5. The standard InChI is InChI=1S/C33H38O8/c1-12-19-10-22-18(11-40-14(3)34)16-8-20(16)31(22,4)23-9-17-15-7-21(15)32(5)25(17)26(33(19,23)41-30(12)38)24(27(35)28(32)36)13(2)29(37)39-6/h15-16,18,20-23,26,28,36H,7-11H2,1-6H3/b24-13-/t15-,16-,18-,20-,21-,22-,23+,26+,28+,31+,32+,33+/m1/s1. The quantitative estimate of drug-likeness (QED) is 0.241. The van der Waals surface area contributed by atoms with Crippen LogP contribution in [0.25, 0.3) is 0 Å². The molecular formula is C33H38O8. The molecule has 5 saturated carbocycles. The van der Waals surface area contributed by atoms with Crippen molar-refractivity contribution in [2.45, 2.75) is 72.0 Å². The molecule has 5 fully saturated rings. The average molecular weight is 563 g/mol. The normalized spacial score (nSPS) is 50.7. The van der Waals surface area contributed by atoms with Crippen molar-refractivity contribution in [1.82, 2.24) is 0 Å². The first kappa shape index (κ1) is 25.9. The van der Waals surface area contributed by atoms with Crippen LogP contribution < -0.4 is 0 Å². The van der Waals surface area contributed by atoms with E-state index in [9.17, 15) is 24.3 Å². The van der Waals surface area contributed by atoms with Crippen molar-refractivity contribution in [2.24, 2.45) is 58.2 Å². The van der Waals surface area contributed by atoms with Gasteiger partial charge in [0.15, 0.2) is 5.78 Å². The maximum Gasteiger partial charge on any atom is 0.334 e. The van der Waals surface area contributed by atoms with Crippen molar-refractivity contribution >= 4 is 23.7 Å². The van der Waals surface area contributed by atoms with E-state index in [-0.39, 0.29) is 52.2 Å². The van der Waals surface area contributed by atoms with E-state index < -0.39 is 34.8 Å². The molecule has 1 N–H and O–H groups in total. The molecule has 0 saturated heterocycles. The van der Waals surface area contributed by atoms with Crippen LogP contribution in [0.5, 0.6) is 0 Å². The summed E-state index contributed by atoms with van der Waals surface area (Å²) in [5.74, 6) is -0.620. The number of fused-ring (bicyclic) bond motifs is 7. The summed E-state index contributed by atoms with van der Waals surface area (Å²) in [5.41, 5.74) is 2.26. The third-order valence-electron chi connectivity index (χ3n) is 13.5. The zero-order valence-corrected chi connectivity index (χ0v) is 24.5. The first-order valence-electron chi connectivity index (χ1n) is 15.2. The lowest BCUT2D eigenvalue weighted by Crippen LogP contribution is -2.66. The molecule has 1 aliphatic heterocycles. The van der Waals surface area contributed by atoms with E-state index in [0.29, 0.717) is 36.4 Å². The molecule has 0 bridgehead atoms. The number of carbonyl (C=O) groups excluding carboxylic acids is 4. The fourth-order valence-corrected chi connectivity index (χ4v) is 11.7. The van der Waals surface area contributed by atoms with E-state index in [1.807, 2.05) is 13.8 Å². The van der Waals surface area contributed by atoms with Crippen LogP contribution >= 0.6 is 0 Å². The molecule has 218 valence electrons. The van der Waals surface area contributed by atoms with E-state index in [1.165, 1.54) is 19.6 Å². The SMILES string of the molecule is COC(=O)/C(C)=C1\C(=O)[C@H](O)[C@]2(C)C3=C(C[C@@H]4[C@]5(OC(=O)C(C)=C5C[C@@H]5[C@H](COC(C)=O)[C@H]6C[C@H]6[C@@]54C)[C@H]31)[C@H]1C[C@H]12. The Bertz CT molecular complexity index is 1480. The molecule has 41 heavy (non-hydrogen) atoms. The lowest BCUT2D eigenvalue weighted by Gasteiger charge is -2.63. The number of esters is 3. The van der Waals surface area contributed by atoms with Gasteiger partial charge in [0.25, 0.3) is 0 Å². The number of methoxy groups -OCH3 is 1. The first-order valence-corrected chi connectivity index (χ1v) is 15.2. The Hall–Kier alpha value is -2.74. The monoisotopic (exact) mass is 562 g/mol. The van der Waals surface area contributed by atoms with Gasteiger partial charge in [-0.05, 0) is 91.6 Å². The zero-order valence-electron chi connectivity index (χ0n) is 24.5. The fourth-order valence-electron chi connectivity index (χ4n) is 11.7. The summed E-state index contributed by atoms with van der Waals surface area (Å²) in [5, 5.41) is 11.6. The molecule has 8 aliphatic rings. The van der Waals surface area contributed by atoms with Crippen molar-refractivity contribution < 1.29 is 38.5 Å². The maximum atomic E-state index is 14.3. The van der Waals surface area contributed by atoms with Crippen LogP contribution in [-0.2, 0) is 33.4 Å². The topological polar surface area (TPSA) is 116 Å². The molecule has 0 amide bonds. The highest BCUT2D eigenvalue weighted by Crippen LogP contribution is 2.82.